The van der Waals surface area contributed by atoms with Gasteiger partial charge in [0.05, 0.1) is 22.3 Å². The highest BCUT2D eigenvalue weighted by molar-refractivity contribution is 5.93. The molecule has 1 atom stereocenters. The fourth-order valence-corrected chi connectivity index (χ4v) is 4.18. The second-order valence-electron chi connectivity index (χ2n) is 9.44. The van der Waals surface area contributed by atoms with Crippen molar-refractivity contribution >= 4 is 17.0 Å². The molecule has 0 spiro atoms. The van der Waals surface area contributed by atoms with Crippen LogP contribution in [0.3, 0.4) is 0 Å². The molecular weight excluding hydrogens is 423 g/mol. The van der Waals surface area contributed by atoms with Crippen LogP contribution in [0.15, 0.2) is 16.7 Å². The topological polar surface area (TPSA) is 77.0 Å². The van der Waals surface area contributed by atoms with Gasteiger partial charge < -0.3 is 9.42 Å². The first-order valence-electron chi connectivity index (χ1n) is 10.5. The van der Waals surface area contributed by atoms with E-state index in [2.05, 4.69) is 15.2 Å². The van der Waals surface area contributed by atoms with E-state index >= 15 is 0 Å². The Hall–Kier alpha value is -2.91. The molecule has 172 valence electrons. The number of likely N-dealkylation sites (tertiary alicyclic amines) is 1. The molecule has 7 nitrogen and oxygen atoms in total. The zero-order valence-corrected chi connectivity index (χ0v) is 18.7. The lowest BCUT2D eigenvalue weighted by molar-refractivity contribution is -0.136. The highest BCUT2D eigenvalue weighted by atomic mass is 19.4. The molecule has 4 rings (SSSR count). The van der Waals surface area contributed by atoms with Gasteiger partial charge in [-0.25, -0.2) is 4.98 Å². The maximum atomic E-state index is 13.7. The Kier molecular flexibility index (Phi) is 5.29. The van der Waals surface area contributed by atoms with E-state index in [-0.39, 0.29) is 46.3 Å². The molecule has 0 aromatic carbocycles. The minimum Gasteiger partial charge on any atom is -0.337 e. The van der Waals surface area contributed by atoms with Crippen molar-refractivity contribution in [1.29, 1.82) is 0 Å². The fourth-order valence-electron chi connectivity index (χ4n) is 4.18. The number of pyridine rings is 1. The van der Waals surface area contributed by atoms with E-state index in [0.717, 1.165) is 11.8 Å². The van der Waals surface area contributed by atoms with Gasteiger partial charge in [-0.15, -0.1) is 0 Å². The Balaban J connectivity index is 1.66. The van der Waals surface area contributed by atoms with Crippen molar-refractivity contribution in [3.63, 3.8) is 0 Å². The van der Waals surface area contributed by atoms with Gasteiger partial charge in [0.1, 0.15) is 5.69 Å². The quantitative estimate of drug-likeness (QED) is 0.572. The minimum absolute atomic E-state index is 0.113. The second-order valence-corrected chi connectivity index (χ2v) is 9.44. The molecule has 0 saturated carbocycles. The lowest BCUT2D eigenvalue weighted by Gasteiger charge is -2.32. The monoisotopic (exact) mass is 449 g/mol. The van der Waals surface area contributed by atoms with Gasteiger partial charge in [0.25, 0.3) is 11.6 Å². The molecule has 1 amide bonds. The maximum Gasteiger partial charge on any atom is 0.417 e. The van der Waals surface area contributed by atoms with Crippen LogP contribution in [0.5, 0.6) is 0 Å². The third kappa shape index (κ3) is 3.98. The summed E-state index contributed by atoms with van der Waals surface area (Å²) in [6, 6.07) is 2.80. The normalized spacial score (nSPS) is 17.9. The van der Waals surface area contributed by atoms with Crippen LogP contribution in [0, 0.1) is 6.92 Å². The molecule has 0 aliphatic carbocycles. The van der Waals surface area contributed by atoms with E-state index in [1.807, 2.05) is 20.8 Å². The van der Waals surface area contributed by atoms with E-state index in [1.165, 1.54) is 6.92 Å². The number of nitrogens with zero attached hydrogens (tertiary/aromatic N) is 5. The van der Waals surface area contributed by atoms with Crippen LogP contribution >= 0.6 is 0 Å². The molecule has 1 aliphatic heterocycles. The maximum absolute atomic E-state index is 13.7. The molecule has 4 heterocycles. The van der Waals surface area contributed by atoms with Crippen molar-refractivity contribution in [2.45, 2.75) is 58.0 Å². The molecule has 0 unspecified atom stereocenters. The predicted octanol–water partition coefficient (Wildman–Crippen LogP) is 4.60. The number of alkyl halides is 3. The van der Waals surface area contributed by atoms with Crippen LogP contribution in [-0.2, 0) is 18.6 Å². The van der Waals surface area contributed by atoms with Gasteiger partial charge in [-0.3, -0.25) is 9.48 Å². The molecule has 32 heavy (non-hydrogen) atoms. The summed E-state index contributed by atoms with van der Waals surface area (Å²) < 4.78 is 47.9. The lowest BCUT2D eigenvalue weighted by Crippen LogP contribution is -2.40. The number of carbonyl (C=O) groups is 1. The number of aromatic nitrogens is 4. The molecule has 0 radical (unpaired) electrons. The summed E-state index contributed by atoms with van der Waals surface area (Å²) in [5.74, 6) is -0.576. The molecule has 0 bridgehead atoms. The third-order valence-electron chi connectivity index (χ3n) is 5.87. The molecule has 3 aromatic heterocycles. The van der Waals surface area contributed by atoms with Gasteiger partial charge in [-0.05, 0) is 31.9 Å². The molecule has 10 heteroatoms. The highest BCUT2D eigenvalue weighted by Gasteiger charge is 2.38. The largest absolute Gasteiger partial charge is 0.417 e. The Morgan fingerprint density at radius 3 is 2.56 bits per heavy atom. The predicted molar refractivity (Wildman–Crippen MR) is 111 cm³/mol. The van der Waals surface area contributed by atoms with E-state index in [0.29, 0.717) is 25.1 Å². The van der Waals surface area contributed by atoms with Gasteiger partial charge in [0, 0.05) is 37.2 Å². The third-order valence-corrected chi connectivity index (χ3v) is 5.87. The first kappa shape index (κ1) is 22.3. The zero-order valence-electron chi connectivity index (χ0n) is 18.7. The number of carbonyl (C=O) groups excluding carboxylic acids is 1. The van der Waals surface area contributed by atoms with Crippen LogP contribution in [0.2, 0.25) is 0 Å². The summed E-state index contributed by atoms with van der Waals surface area (Å²) in [5, 5.41) is 8.31. The Morgan fingerprint density at radius 2 is 1.94 bits per heavy atom. The van der Waals surface area contributed by atoms with Gasteiger partial charge >= 0.3 is 6.18 Å². The Morgan fingerprint density at radius 1 is 1.22 bits per heavy atom. The van der Waals surface area contributed by atoms with Crippen LogP contribution in [0.4, 0.5) is 13.2 Å². The van der Waals surface area contributed by atoms with Crippen molar-refractivity contribution in [2.24, 2.45) is 7.05 Å². The summed E-state index contributed by atoms with van der Waals surface area (Å²) in [6.45, 7) is 8.31. The summed E-state index contributed by atoms with van der Waals surface area (Å²) in [6.07, 6.45) is -3.31. The van der Waals surface area contributed by atoms with Crippen molar-refractivity contribution < 1.29 is 22.5 Å². The van der Waals surface area contributed by atoms with Crippen LogP contribution < -0.4 is 0 Å². The molecule has 1 aliphatic rings. The smallest absolute Gasteiger partial charge is 0.337 e. The van der Waals surface area contributed by atoms with Crippen LogP contribution in [-0.4, -0.2) is 43.8 Å². The van der Waals surface area contributed by atoms with Crippen molar-refractivity contribution in [1.82, 2.24) is 24.8 Å². The number of amides is 1. The average Bonchev–Trinajstić information content (AvgIpc) is 3.29. The number of aryl methyl sites for hydroxylation is 2. The van der Waals surface area contributed by atoms with Gasteiger partial charge in [0.2, 0.25) is 0 Å². The van der Waals surface area contributed by atoms with E-state index in [4.69, 9.17) is 4.52 Å². The van der Waals surface area contributed by atoms with E-state index in [1.54, 1.807) is 22.7 Å². The second kappa shape index (κ2) is 7.60. The average molecular weight is 449 g/mol. The lowest BCUT2D eigenvalue weighted by atomic mass is 9.91. The SMILES string of the molecule is Cc1cc(C(F)(F)F)c2c([C@@H]3CCCN(C(=O)c4cc(C(C)(C)C)nn4C)C3)noc2n1. The van der Waals surface area contributed by atoms with Crippen molar-refractivity contribution in [3.05, 3.63) is 40.5 Å². The number of rotatable bonds is 2. The Labute approximate surface area is 183 Å². The van der Waals surface area contributed by atoms with E-state index < -0.39 is 11.7 Å². The summed E-state index contributed by atoms with van der Waals surface area (Å²) in [4.78, 5) is 19.0. The van der Waals surface area contributed by atoms with Crippen LogP contribution in [0.25, 0.3) is 11.1 Å². The summed E-state index contributed by atoms with van der Waals surface area (Å²) in [5.41, 5.74) is 0.527. The van der Waals surface area contributed by atoms with Crippen molar-refractivity contribution in [2.75, 3.05) is 13.1 Å². The number of fused-ring (bicyclic) bond motifs is 1. The van der Waals surface area contributed by atoms with Crippen molar-refractivity contribution in [3.8, 4) is 0 Å². The Bertz CT molecular complexity index is 1170. The standard InChI is InChI=1S/C22H26F3N5O2/c1-12-9-14(22(23,24)25)17-18(28-32-19(17)26-12)13-7-6-8-30(11-13)20(31)15-10-16(21(2,3)4)27-29(15)5/h9-10,13H,6-8,11H2,1-5H3/t13-/m1/s1. The number of piperidine rings is 1. The zero-order chi connectivity index (χ0) is 23.4. The first-order chi connectivity index (χ1) is 14.9. The van der Waals surface area contributed by atoms with Gasteiger partial charge in [-0.2, -0.15) is 18.3 Å². The molecule has 3 aromatic rings. The molecular formula is C22H26F3N5O2. The van der Waals surface area contributed by atoms with Crippen LogP contribution in [0.1, 0.15) is 72.7 Å². The number of hydrogen-bond acceptors (Lipinski definition) is 5. The number of hydrogen-bond donors (Lipinski definition) is 0. The molecule has 1 fully saturated rings. The highest BCUT2D eigenvalue weighted by Crippen LogP contribution is 2.40. The first-order valence-corrected chi connectivity index (χ1v) is 10.5. The molecule has 1 saturated heterocycles. The number of halogens is 3. The minimum atomic E-state index is -4.56. The molecule has 0 N–H and O–H groups in total. The summed E-state index contributed by atoms with van der Waals surface area (Å²) >= 11 is 0. The van der Waals surface area contributed by atoms with Gasteiger partial charge in [-0.1, -0.05) is 25.9 Å². The fraction of sp³-hybridized carbons (Fsp3) is 0.545. The summed E-state index contributed by atoms with van der Waals surface area (Å²) in [7, 11) is 1.72. The van der Waals surface area contributed by atoms with E-state index in [9.17, 15) is 18.0 Å². The van der Waals surface area contributed by atoms with Gasteiger partial charge in [0.15, 0.2) is 0 Å².